The van der Waals surface area contributed by atoms with E-state index in [4.69, 9.17) is 20.8 Å². The first-order valence-electron chi connectivity index (χ1n) is 6.12. The van der Waals surface area contributed by atoms with E-state index in [-0.39, 0.29) is 0 Å². The summed E-state index contributed by atoms with van der Waals surface area (Å²) in [5, 5.41) is 0.690. The first-order valence-corrected chi connectivity index (χ1v) is 6.50. The summed E-state index contributed by atoms with van der Waals surface area (Å²) in [6.07, 6.45) is 1.71. The molecule has 0 aliphatic rings. The fourth-order valence-electron chi connectivity index (χ4n) is 1.89. The summed E-state index contributed by atoms with van der Waals surface area (Å²) in [5.74, 6) is 2.11. The molecule has 0 saturated carbocycles. The zero-order valence-electron chi connectivity index (χ0n) is 10.8. The second-order valence-electron chi connectivity index (χ2n) is 4.27. The van der Waals surface area contributed by atoms with Gasteiger partial charge in [0.05, 0.1) is 13.3 Å². The second-order valence-corrected chi connectivity index (χ2v) is 4.70. The van der Waals surface area contributed by atoms with Crippen molar-refractivity contribution in [2.45, 2.75) is 0 Å². The lowest BCUT2D eigenvalue weighted by molar-refractivity contribution is 0.415. The van der Waals surface area contributed by atoms with Crippen LogP contribution in [-0.4, -0.2) is 12.1 Å². The van der Waals surface area contributed by atoms with Gasteiger partial charge < -0.3 is 9.15 Å². The maximum atomic E-state index is 5.87. The average Bonchev–Trinajstić information content (AvgIpc) is 2.98. The van der Waals surface area contributed by atoms with Crippen LogP contribution >= 0.6 is 11.6 Å². The molecule has 2 aromatic carbocycles. The van der Waals surface area contributed by atoms with Crippen LogP contribution in [0.2, 0.25) is 5.02 Å². The number of oxazole rings is 1. The molecule has 0 amide bonds. The van der Waals surface area contributed by atoms with Crippen LogP contribution in [0.4, 0.5) is 0 Å². The van der Waals surface area contributed by atoms with Crippen LogP contribution in [0.25, 0.3) is 22.8 Å². The largest absolute Gasteiger partial charge is 0.497 e. The van der Waals surface area contributed by atoms with Crippen LogP contribution in [0.15, 0.2) is 59.1 Å². The van der Waals surface area contributed by atoms with Gasteiger partial charge in [0.2, 0.25) is 5.89 Å². The number of ether oxygens (including phenoxy) is 1. The van der Waals surface area contributed by atoms with E-state index in [1.807, 2.05) is 48.5 Å². The van der Waals surface area contributed by atoms with E-state index in [0.29, 0.717) is 10.9 Å². The minimum absolute atomic E-state index is 0.576. The molecular weight excluding hydrogens is 274 g/mol. The number of hydrogen-bond donors (Lipinski definition) is 0. The Kier molecular flexibility index (Phi) is 3.44. The van der Waals surface area contributed by atoms with E-state index >= 15 is 0 Å². The van der Waals surface area contributed by atoms with E-state index in [1.165, 1.54) is 0 Å². The molecule has 0 fully saturated rings. The summed E-state index contributed by atoms with van der Waals surface area (Å²) in [7, 11) is 1.64. The molecule has 0 aliphatic carbocycles. The minimum Gasteiger partial charge on any atom is -0.497 e. The van der Waals surface area contributed by atoms with Crippen molar-refractivity contribution in [3.63, 3.8) is 0 Å². The molecule has 0 aliphatic heterocycles. The third kappa shape index (κ3) is 2.53. The van der Waals surface area contributed by atoms with Gasteiger partial charge in [-0.15, -0.1) is 0 Å². The zero-order valence-corrected chi connectivity index (χ0v) is 11.6. The van der Waals surface area contributed by atoms with Crippen molar-refractivity contribution in [2.75, 3.05) is 7.11 Å². The third-order valence-electron chi connectivity index (χ3n) is 2.97. The predicted molar refractivity (Wildman–Crippen MR) is 78.9 cm³/mol. The van der Waals surface area contributed by atoms with Gasteiger partial charge in [-0.1, -0.05) is 11.6 Å². The van der Waals surface area contributed by atoms with E-state index < -0.39 is 0 Å². The van der Waals surface area contributed by atoms with Crippen molar-refractivity contribution >= 4 is 11.6 Å². The minimum atomic E-state index is 0.576. The van der Waals surface area contributed by atoms with Gasteiger partial charge >= 0.3 is 0 Å². The topological polar surface area (TPSA) is 35.3 Å². The number of nitrogens with zero attached hydrogens (tertiary/aromatic N) is 1. The van der Waals surface area contributed by atoms with E-state index in [2.05, 4.69) is 4.98 Å². The molecule has 0 N–H and O–H groups in total. The fourth-order valence-corrected chi connectivity index (χ4v) is 2.01. The fraction of sp³-hybridized carbons (Fsp3) is 0.0625. The van der Waals surface area contributed by atoms with Gasteiger partial charge in [-0.2, -0.15) is 0 Å². The van der Waals surface area contributed by atoms with Gasteiger partial charge in [0, 0.05) is 16.1 Å². The lowest BCUT2D eigenvalue weighted by Crippen LogP contribution is -1.81. The van der Waals surface area contributed by atoms with E-state index in [0.717, 1.165) is 22.6 Å². The van der Waals surface area contributed by atoms with Gasteiger partial charge in [-0.05, 0) is 48.5 Å². The highest BCUT2D eigenvalue weighted by atomic mass is 35.5. The average molecular weight is 286 g/mol. The zero-order chi connectivity index (χ0) is 13.9. The number of aromatic nitrogens is 1. The molecular formula is C16H12ClNO2. The lowest BCUT2D eigenvalue weighted by Gasteiger charge is -2.00. The Morgan fingerprint density at radius 1 is 0.950 bits per heavy atom. The van der Waals surface area contributed by atoms with E-state index in [9.17, 15) is 0 Å². The van der Waals surface area contributed by atoms with Crippen molar-refractivity contribution in [1.29, 1.82) is 0 Å². The molecule has 0 unspecified atom stereocenters. The normalized spacial score (nSPS) is 10.5. The first-order chi connectivity index (χ1) is 9.76. The molecule has 1 heterocycles. The monoisotopic (exact) mass is 285 g/mol. The first kappa shape index (κ1) is 12.8. The number of benzene rings is 2. The summed E-state index contributed by atoms with van der Waals surface area (Å²) in [6, 6.07) is 15.0. The van der Waals surface area contributed by atoms with Crippen LogP contribution in [0.5, 0.6) is 5.75 Å². The van der Waals surface area contributed by atoms with Crippen molar-refractivity contribution in [3.8, 4) is 28.5 Å². The quantitative estimate of drug-likeness (QED) is 0.701. The Balaban J connectivity index is 1.91. The maximum absolute atomic E-state index is 5.87. The molecule has 100 valence electrons. The molecule has 0 bridgehead atoms. The Morgan fingerprint density at radius 3 is 2.25 bits per heavy atom. The summed E-state index contributed by atoms with van der Waals surface area (Å²) in [5.41, 5.74) is 1.85. The van der Waals surface area contributed by atoms with Gasteiger partial charge in [-0.25, -0.2) is 4.98 Å². The van der Waals surface area contributed by atoms with Gasteiger partial charge in [-0.3, -0.25) is 0 Å². The molecule has 3 rings (SSSR count). The summed E-state index contributed by atoms with van der Waals surface area (Å²) in [6.45, 7) is 0. The Morgan fingerprint density at radius 2 is 1.60 bits per heavy atom. The number of hydrogen-bond acceptors (Lipinski definition) is 3. The molecule has 3 nitrogen and oxygen atoms in total. The highest BCUT2D eigenvalue weighted by molar-refractivity contribution is 6.30. The van der Waals surface area contributed by atoms with Crippen LogP contribution in [0.3, 0.4) is 0 Å². The van der Waals surface area contributed by atoms with Crippen molar-refractivity contribution in [3.05, 3.63) is 59.8 Å². The highest BCUT2D eigenvalue weighted by Crippen LogP contribution is 2.27. The Hall–Kier alpha value is -2.26. The predicted octanol–water partition coefficient (Wildman–Crippen LogP) is 4.67. The van der Waals surface area contributed by atoms with Gasteiger partial charge in [0.15, 0.2) is 5.76 Å². The van der Waals surface area contributed by atoms with E-state index in [1.54, 1.807) is 13.3 Å². The van der Waals surface area contributed by atoms with Gasteiger partial charge in [0.1, 0.15) is 5.75 Å². The van der Waals surface area contributed by atoms with Crippen LogP contribution < -0.4 is 4.74 Å². The number of halogens is 1. The Bertz CT molecular complexity index is 702. The number of rotatable bonds is 3. The molecule has 0 saturated heterocycles. The second kappa shape index (κ2) is 5.39. The highest BCUT2D eigenvalue weighted by Gasteiger charge is 2.08. The SMILES string of the molecule is COc1ccc(-c2cnc(-c3ccc(Cl)cc3)o2)cc1. The molecule has 4 heteroatoms. The number of methoxy groups -OCH3 is 1. The summed E-state index contributed by atoms with van der Waals surface area (Å²) in [4.78, 5) is 4.29. The van der Waals surface area contributed by atoms with Crippen molar-refractivity contribution in [2.24, 2.45) is 0 Å². The standard InChI is InChI=1S/C16H12ClNO2/c1-19-14-8-4-11(5-9-14)15-10-18-16(20-15)12-2-6-13(17)7-3-12/h2-10H,1H3. The van der Waals surface area contributed by atoms with Crippen LogP contribution in [0, 0.1) is 0 Å². The molecule has 0 spiro atoms. The lowest BCUT2D eigenvalue weighted by atomic mass is 10.2. The smallest absolute Gasteiger partial charge is 0.226 e. The molecule has 20 heavy (non-hydrogen) atoms. The Labute approximate surface area is 121 Å². The third-order valence-corrected chi connectivity index (χ3v) is 3.22. The molecule has 0 radical (unpaired) electrons. The summed E-state index contributed by atoms with van der Waals surface area (Å²) < 4.78 is 10.9. The van der Waals surface area contributed by atoms with Crippen molar-refractivity contribution in [1.82, 2.24) is 4.98 Å². The van der Waals surface area contributed by atoms with Gasteiger partial charge in [0.25, 0.3) is 0 Å². The molecule has 0 atom stereocenters. The summed E-state index contributed by atoms with van der Waals surface area (Å²) >= 11 is 5.87. The van der Waals surface area contributed by atoms with Crippen LogP contribution in [-0.2, 0) is 0 Å². The molecule has 3 aromatic rings. The maximum Gasteiger partial charge on any atom is 0.226 e. The molecule has 1 aromatic heterocycles. The van der Waals surface area contributed by atoms with Crippen LogP contribution in [0.1, 0.15) is 0 Å². The van der Waals surface area contributed by atoms with Crippen molar-refractivity contribution < 1.29 is 9.15 Å².